The summed E-state index contributed by atoms with van der Waals surface area (Å²) in [6, 6.07) is 0. The van der Waals surface area contributed by atoms with Crippen LogP contribution in [0.2, 0.25) is 0 Å². The third-order valence-corrected chi connectivity index (χ3v) is 1.66. The molecule has 3 N–H and O–H groups in total. The Kier molecular flexibility index (Phi) is 2.85. The highest BCUT2D eigenvalue weighted by Crippen LogP contribution is 2.19. The van der Waals surface area contributed by atoms with Crippen LogP contribution < -0.4 is 0 Å². The molecule has 0 amide bonds. The van der Waals surface area contributed by atoms with E-state index in [1.165, 1.54) is 0 Å². The van der Waals surface area contributed by atoms with Crippen molar-refractivity contribution in [2.24, 2.45) is 5.11 Å². The van der Waals surface area contributed by atoms with Gasteiger partial charge in [0.1, 0.15) is 12.2 Å². The molecule has 12 heavy (non-hydrogen) atoms. The first kappa shape index (κ1) is 9.24. The van der Waals surface area contributed by atoms with Gasteiger partial charge in [-0.1, -0.05) is 5.11 Å². The van der Waals surface area contributed by atoms with Crippen LogP contribution in [0.1, 0.15) is 0 Å². The van der Waals surface area contributed by atoms with E-state index in [9.17, 15) is 0 Å². The highest BCUT2D eigenvalue weighted by Gasteiger charge is 2.41. The molecule has 1 saturated heterocycles. The lowest BCUT2D eigenvalue weighted by molar-refractivity contribution is -0.125. The molecule has 2 unspecified atom stereocenters. The van der Waals surface area contributed by atoms with Crippen LogP contribution in [0.3, 0.4) is 0 Å². The molecule has 1 heterocycles. The normalized spacial score (nSPS) is 40.9. The lowest BCUT2D eigenvalue weighted by atomic mass is 10.1. The third kappa shape index (κ3) is 1.66. The summed E-state index contributed by atoms with van der Waals surface area (Å²) in [5, 5.41) is 30.1. The van der Waals surface area contributed by atoms with Crippen molar-refractivity contribution < 1.29 is 20.1 Å². The lowest BCUT2D eigenvalue weighted by Gasteiger charge is -2.10. The third-order valence-electron chi connectivity index (χ3n) is 1.66. The highest BCUT2D eigenvalue weighted by molar-refractivity contribution is 4.86. The zero-order valence-corrected chi connectivity index (χ0v) is 6.11. The Bertz CT molecular complexity index is 205. The minimum Gasteiger partial charge on any atom is -0.387 e. The molecule has 7 nitrogen and oxygen atoms in total. The van der Waals surface area contributed by atoms with Crippen molar-refractivity contribution in [1.82, 2.24) is 0 Å². The Hall–Kier alpha value is -0.850. The predicted octanol–water partition coefficient (Wildman–Crippen LogP) is -1.26. The van der Waals surface area contributed by atoms with Gasteiger partial charge in [0.2, 0.25) is 0 Å². The first-order chi connectivity index (χ1) is 5.66. The van der Waals surface area contributed by atoms with Crippen molar-refractivity contribution in [2.45, 2.75) is 24.6 Å². The zero-order valence-electron chi connectivity index (χ0n) is 6.11. The summed E-state index contributed by atoms with van der Waals surface area (Å²) in [7, 11) is 0. The molecule has 0 spiro atoms. The fourth-order valence-electron chi connectivity index (χ4n) is 0.997. The van der Waals surface area contributed by atoms with Crippen LogP contribution in [0.4, 0.5) is 0 Å². The Balaban J connectivity index is 2.52. The number of azide groups is 1. The molecule has 7 heteroatoms. The standard InChI is InChI=1S/C5H9N3O4/c6-8-7-1-2-3(9)4(10)5(11)12-2/h2-5,9-11H,1H2/t2?,3-,4?,5+/m0/s1. The maximum Gasteiger partial charge on any atom is 0.183 e. The molecular weight excluding hydrogens is 166 g/mol. The Morgan fingerprint density at radius 1 is 1.33 bits per heavy atom. The summed E-state index contributed by atoms with van der Waals surface area (Å²) < 4.78 is 4.68. The molecule has 0 aromatic heterocycles. The number of aliphatic hydroxyl groups is 3. The van der Waals surface area contributed by atoms with Gasteiger partial charge in [0.15, 0.2) is 6.29 Å². The number of aliphatic hydroxyl groups excluding tert-OH is 3. The minimum atomic E-state index is -1.40. The average Bonchev–Trinajstić information content (AvgIpc) is 2.30. The molecular formula is C5H9N3O4. The topological polar surface area (TPSA) is 119 Å². The molecule has 0 radical (unpaired) electrons. The first-order valence-electron chi connectivity index (χ1n) is 3.37. The summed E-state index contributed by atoms with van der Waals surface area (Å²) in [5.74, 6) is 0. The molecule has 0 aromatic rings. The van der Waals surface area contributed by atoms with Crippen LogP contribution in [0.25, 0.3) is 10.4 Å². The van der Waals surface area contributed by atoms with Gasteiger partial charge >= 0.3 is 0 Å². The summed E-state index contributed by atoms with van der Waals surface area (Å²) in [6.45, 7) is -0.105. The zero-order chi connectivity index (χ0) is 9.14. The smallest absolute Gasteiger partial charge is 0.183 e. The van der Waals surface area contributed by atoms with E-state index in [0.29, 0.717) is 0 Å². The van der Waals surface area contributed by atoms with Crippen LogP contribution in [-0.4, -0.2) is 46.5 Å². The number of ether oxygens (including phenoxy) is 1. The summed E-state index contributed by atoms with van der Waals surface area (Å²) >= 11 is 0. The molecule has 0 saturated carbocycles. The SMILES string of the molecule is [N-]=[N+]=NCC1O[C@@H](O)C(O)[C@H]1O. The van der Waals surface area contributed by atoms with Crippen LogP contribution >= 0.6 is 0 Å². The van der Waals surface area contributed by atoms with Crippen molar-refractivity contribution in [1.29, 1.82) is 0 Å². The van der Waals surface area contributed by atoms with Crippen molar-refractivity contribution in [3.8, 4) is 0 Å². The van der Waals surface area contributed by atoms with E-state index < -0.39 is 24.6 Å². The fraction of sp³-hybridized carbons (Fsp3) is 1.00. The van der Waals surface area contributed by atoms with E-state index in [-0.39, 0.29) is 6.54 Å². The summed E-state index contributed by atoms with van der Waals surface area (Å²) in [4.78, 5) is 2.45. The van der Waals surface area contributed by atoms with Gasteiger partial charge in [-0.2, -0.15) is 0 Å². The highest BCUT2D eigenvalue weighted by atomic mass is 16.6. The lowest BCUT2D eigenvalue weighted by Crippen LogP contribution is -2.33. The molecule has 0 aliphatic carbocycles. The maximum atomic E-state index is 9.14. The van der Waals surface area contributed by atoms with E-state index in [4.69, 9.17) is 20.9 Å². The quantitative estimate of drug-likeness (QED) is 0.275. The van der Waals surface area contributed by atoms with Crippen LogP contribution in [0.15, 0.2) is 5.11 Å². The summed E-state index contributed by atoms with van der Waals surface area (Å²) in [5.41, 5.74) is 7.94. The molecule has 68 valence electrons. The molecule has 1 aliphatic heterocycles. The largest absolute Gasteiger partial charge is 0.387 e. The monoisotopic (exact) mass is 175 g/mol. The fourth-order valence-corrected chi connectivity index (χ4v) is 0.997. The Morgan fingerprint density at radius 2 is 2.00 bits per heavy atom. The number of hydrogen-bond acceptors (Lipinski definition) is 5. The van der Waals surface area contributed by atoms with Gasteiger partial charge in [-0.05, 0) is 5.53 Å². The molecule has 0 bridgehead atoms. The van der Waals surface area contributed by atoms with E-state index in [1.807, 2.05) is 0 Å². The van der Waals surface area contributed by atoms with Crippen molar-refractivity contribution >= 4 is 0 Å². The molecule has 4 atom stereocenters. The second-order valence-corrected chi connectivity index (χ2v) is 2.46. The van der Waals surface area contributed by atoms with Crippen LogP contribution in [0, 0.1) is 0 Å². The van der Waals surface area contributed by atoms with E-state index >= 15 is 0 Å². The Morgan fingerprint density at radius 3 is 2.42 bits per heavy atom. The number of nitrogens with zero attached hydrogens (tertiary/aromatic N) is 3. The van der Waals surface area contributed by atoms with E-state index in [1.54, 1.807) is 0 Å². The van der Waals surface area contributed by atoms with Gasteiger partial charge in [0.25, 0.3) is 0 Å². The molecule has 1 aliphatic rings. The maximum absolute atomic E-state index is 9.14. The van der Waals surface area contributed by atoms with E-state index in [2.05, 4.69) is 14.8 Å². The predicted molar refractivity (Wildman–Crippen MR) is 36.9 cm³/mol. The molecule has 0 aromatic carbocycles. The second kappa shape index (κ2) is 3.70. The van der Waals surface area contributed by atoms with Crippen molar-refractivity contribution in [3.63, 3.8) is 0 Å². The average molecular weight is 175 g/mol. The van der Waals surface area contributed by atoms with Gasteiger partial charge < -0.3 is 20.1 Å². The van der Waals surface area contributed by atoms with Gasteiger partial charge in [-0.25, -0.2) is 0 Å². The first-order valence-corrected chi connectivity index (χ1v) is 3.37. The molecule has 1 rings (SSSR count). The van der Waals surface area contributed by atoms with Gasteiger partial charge in [0, 0.05) is 4.91 Å². The second-order valence-electron chi connectivity index (χ2n) is 2.46. The van der Waals surface area contributed by atoms with Gasteiger partial charge in [0.05, 0.1) is 12.6 Å². The number of hydrogen-bond donors (Lipinski definition) is 3. The van der Waals surface area contributed by atoms with E-state index in [0.717, 1.165) is 0 Å². The van der Waals surface area contributed by atoms with Gasteiger partial charge in [-0.3, -0.25) is 0 Å². The van der Waals surface area contributed by atoms with Crippen molar-refractivity contribution in [2.75, 3.05) is 6.54 Å². The number of rotatable bonds is 2. The Labute approximate surface area is 67.8 Å². The van der Waals surface area contributed by atoms with Crippen LogP contribution in [0.5, 0.6) is 0 Å². The van der Waals surface area contributed by atoms with Gasteiger partial charge in [-0.15, -0.1) is 0 Å². The van der Waals surface area contributed by atoms with Crippen molar-refractivity contribution in [3.05, 3.63) is 10.4 Å². The van der Waals surface area contributed by atoms with Crippen LogP contribution in [-0.2, 0) is 4.74 Å². The minimum absolute atomic E-state index is 0.105. The summed E-state index contributed by atoms with van der Waals surface area (Å²) in [6.07, 6.45) is -4.76. The molecule has 1 fully saturated rings.